The first-order valence-electron chi connectivity index (χ1n) is 17.3. The minimum atomic E-state index is -1.18. The number of carboxylic acids is 6. The highest BCUT2D eigenvalue weighted by atomic mass is 16.4. The average Bonchev–Trinajstić information content (AvgIpc) is 3.78. The number of aliphatic carboxylic acids is 6. The second kappa shape index (κ2) is 30.7. The Bertz CT molecular complexity index is 1570. The predicted octanol–water partition coefficient (Wildman–Crippen LogP) is -0.816. The van der Waals surface area contributed by atoms with Crippen molar-refractivity contribution in [3.8, 4) is 0 Å². The van der Waals surface area contributed by atoms with Gasteiger partial charge in [-0.1, -0.05) is 45.9 Å². The minimum absolute atomic E-state index is 0.263. The van der Waals surface area contributed by atoms with Crippen LogP contribution in [0.3, 0.4) is 0 Å². The Morgan fingerprint density at radius 1 is 0.596 bits per heavy atom. The lowest BCUT2D eigenvalue weighted by atomic mass is 10.1. The van der Waals surface area contributed by atoms with Crippen LogP contribution in [0, 0.1) is 11.8 Å². The van der Waals surface area contributed by atoms with Gasteiger partial charge in [-0.15, -0.1) is 0 Å². The summed E-state index contributed by atoms with van der Waals surface area (Å²) in [5.74, 6) is -5.23. The highest BCUT2D eigenvalue weighted by Crippen LogP contribution is 2.18. The summed E-state index contributed by atoms with van der Waals surface area (Å²) in [6.07, 6.45) is 6.64. The van der Waals surface area contributed by atoms with Gasteiger partial charge < -0.3 is 80.1 Å². The van der Waals surface area contributed by atoms with Crippen molar-refractivity contribution in [3.63, 3.8) is 0 Å². The third kappa shape index (κ3) is 29.5. The van der Waals surface area contributed by atoms with Crippen LogP contribution in [-0.4, -0.2) is 129 Å². The van der Waals surface area contributed by atoms with Crippen LogP contribution in [0.2, 0.25) is 0 Å². The Morgan fingerprint density at radius 3 is 1.30 bits per heavy atom. The molecule has 2 heterocycles. The van der Waals surface area contributed by atoms with Crippen LogP contribution in [0.25, 0.3) is 10.9 Å². The topological polar surface area (TPSA) is 445 Å². The fourth-order valence-electron chi connectivity index (χ4n) is 3.64. The Labute approximate surface area is 329 Å². The molecule has 3 rings (SSSR count). The molecule has 22 nitrogen and oxygen atoms in total. The fourth-order valence-corrected chi connectivity index (χ4v) is 3.64. The van der Waals surface area contributed by atoms with E-state index in [1.54, 1.807) is 6.20 Å². The van der Waals surface area contributed by atoms with Crippen LogP contribution in [0.1, 0.15) is 58.7 Å². The Kier molecular flexibility index (Phi) is 30.1. The Hall–Kier alpha value is -5.49. The number of aromatic nitrogens is 3. The Morgan fingerprint density at radius 2 is 1.00 bits per heavy atom. The molecule has 0 amide bonds. The number of hydrogen-bond acceptors (Lipinski definition) is 14. The van der Waals surface area contributed by atoms with Crippen LogP contribution in [0.5, 0.6) is 0 Å². The molecule has 6 atom stereocenters. The van der Waals surface area contributed by atoms with Crippen molar-refractivity contribution in [1.29, 1.82) is 0 Å². The molecule has 0 bridgehead atoms. The first kappa shape index (κ1) is 55.8. The van der Waals surface area contributed by atoms with E-state index in [1.807, 2.05) is 58.2 Å². The van der Waals surface area contributed by atoms with Crippen molar-refractivity contribution in [2.45, 2.75) is 96.6 Å². The number of carbonyl (C=O) groups is 6. The summed E-state index contributed by atoms with van der Waals surface area (Å²) in [6, 6.07) is 2.81. The van der Waals surface area contributed by atoms with Crippen molar-refractivity contribution in [2.24, 2.45) is 46.2 Å². The molecule has 0 spiro atoms. The first-order valence-corrected chi connectivity index (χ1v) is 17.3. The molecule has 324 valence electrons. The van der Waals surface area contributed by atoms with E-state index in [-0.39, 0.29) is 6.42 Å². The zero-order valence-corrected chi connectivity index (χ0v) is 32.7. The van der Waals surface area contributed by atoms with Gasteiger partial charge in [0.15, 0.2) is 0 Å². The predicted molar refractivity (Wildman–Crippen MR) is 210 cm³/mol. The molecule has 3 aromatic rings. The van der Waals surface area contributed by atoms with E-state index in [1.165, 1.54) is 13.3 Å². The molecular weight excluding hydrogens is 754 g/mol. The van der Waals surface area contributed by atoms with Crippen LogP contribution in [0.4, 0.5) is 0 Å². The summed E-state index contributed by atoms with van der Waals surface area (Å²) >= 11 is 0. The number of rotatable bonds is 15. The number of aromatic amines is 2. The number of carboxylic acid groups (broad SMARTS) is 6. The van der Waals surface area contributed by atoms with Gasteiger partial charge >= 0.3 is 35.8 Å². The summed E-state index contributed by atoms with van der Waals surface area (Å²) in [5, 5.41) is 58.5. The summed E-state index contributed by atoms with van der Waals surface area (Å²) in [7, 11) is 0. The maximum atomic E-state index is 10.6. The van der Waals surface area contributed by atoms with E-state index in [0.29, 0.717) is 36.8 Å². The van der Waals surface area contributed by atoms with Gasteiger partial charge in [0.05, 0.1) is 18.6 Å². The number of benzene rings is 1. The summed E-state index contributed by atoms with van der Waals surface area (Å²) in [6.45, 7) is 8.70. The molecule has 57 heavy (non-hydrogen) atoms. The molecule has 0 saturated carbocycles. The molecule has 21 N–H and O–H groups in total. The second-order valence-corrected chi connectivity index (χ2v) is 13.1. The molecule has 1 aromatic carbocycles. The molecule has 0 unspecified atom stereocenters. The number of para-hydroxylation sites is 1. The van der Waals surface area contributed by atoms with Crippen molar-refractivity contribution in [1.82, 2.24) is 15.0 Å². The van der Waals surface area contributed by atoms with Gasteiger partial charge in [0, 0.05) is 36.1 Å². The standard InChI is InChI=1S/C11H12N2O2.C6H9N3O2.2C6H13NO2.C3H7NO3.C3H7NO2/c12-9(11(14)15)5-7-6-13-10-4-2-1-3-8(7)10;7-5(6(10)11)1-4-2-8-3-9-4;2*1-4(2)3-5(7)6(8)9;4-2(1-5)3(6)7;1-2(4)3(5)6/h1-4,6,9,13H,5,12H2,(H,14,15);2-3,5H,1,7H2,(H,8,9)(H,10,11);2*4-5H,3,7H2,1-2H3,(H,8,9);2,5H,1,4H2,(H,6,7);2H,4H2,1H3,(H,5,6)/t9-;3*5-;2*2-/m101010/s1. The van der Waals surface area contributed by atoms with Crippen LogP contribution < -0.4 is 34.4 Å². The van der Waals surface area contributed by atoms with E-state index in [2.05, 4.69) is 15.0 Å². The average molecular weight is 816 g/mol. The van der Waals surface area contributed by atoms with Crippen LogP contribution in [-0.2, 0) is 41.6 Å². The van der Waals surface area contributed by atoms with Gasteiger partial charge in [-0.2, -0.15) is 0 Å². The summed E-state index contributed by atoms with van der Waals surface area (Å²) < 4.78 is 0. The minimum Gasteiger partial charge on any atom is -0.480 e. The van der Waals surface area contributed by atoms with Gasteiger partial charge in [0.2, 0.25) is 0 Å². The largest absolute Gasteiger partial charge is 0.480 e. The molecular formula is C35H61N9O13. The third-order valence-electron chi connectivity index (χ3n) is 6.72. The number of H-pyrrole nitrogens is 2. The maximum absolute atomic E-state index is 10.6. The molecule has 0 radical (unpaired) electrons. The van der Waals surface area contributed by atoms with Crippen LogP contribution in [0.15, 0.2) is 43.0 Å². The maximum Gasteiger partial charge on any atom is 0.322 e. The molecule has 2 aromatic heterocycles. The fraction of sp³-hybridized carbons (Fsp3) is 0.514. The number of nitrogens with two attached hydrogens (primary N) is 6. The van der Waals surface area contributed by atoms with Crippen molar-refractivity contribution >= 4 is 46.7 Å². The third-order valence-corrected chi connectivity index (χ3v) is 6.72. The normalized spacial score (nSPS) is 13.3. The van der Waals surface area contributed by atoms with E-state index in [0.717, 1.165) is 16.5 Å². The van der Waals surface area contributed by atoms with Crippen molar-refractivity contribution in [2.75, 3.05) is 6.61 Å². The van der Waals surface area contributed by atoms with E-state index >= 15 is 0 Å². The monoisotopic (exact) mass is 815 g/mol. The van der Waals surface area contributed by atoms with Gasteiger partial charge in [0.1, 0.15) is 36.3 Å². The molecule has 0 aliphatic heterocycles. The van der Waals surface area contributed by atoms with E-state index < -0.39 is 78.7 Å². The van der Waals surface area contributed by atoms with Crippen molar-refractivity contribution in [3.05, 3.63) is 54.2 Å². The van der Waals surface area contributed by atoms with E-state index in [9.17, 15) is 28.8 Å². The smallest absolute Gasteiger partial charge is 0.322 e. The number of nitrogens with zero attached hydrogens (tertiary/aromatic N) is 1. The quantitative estimate of drug-likeness (QED) is 0.0891. The Balaban J connectivity index is -0.000000633. The van der Waals surface area contributed by atoms with Gasteiger partial charge in [-0.3, -0.25) is 28.8 Å². The van der Waals surface area contributed by atoms with Crippen molar-refractivity contribution < 1.29 is 64.5 Å². The molecule has 0 fully saturated rings. The number of imidazole rings is 1. The van der Waals surface area contributed by atoms with Gasteiger partial charge in [0.25, 0.3) is 0 Å². The highest BCUT2D eigenvalue weighted by molar-refractivity contribution is 5.84. The molecule has 0 aliphatic carbocycles. The zero-order valence-electron chi connectivity index (χ0n) is 32.7. The van der Waals surface area contributed by atoms with Crippen LogP contribution >= 0.6 is 0 Å². The first-order chi connectivity index (χ1) is 26.3. The molecule has 22 heteroatoms. The lowest BCUT2D eigenvalue weighted by Gasteiger charge is -2.07. The summed E-state index contributed by atoms with van der Waals surface area (Å²) in [4.78, 5) is 70.0. The van der Waals surface area contributed by atoms with Gasteiger partial charge in [-0.25, -0.2) is 4.98 Å². The van der Waals surface area contributed by atoms with Gasteiger partial charge in [-0.05, 0) is 43.2 Å². The number of aliphatic hydroxyl groups excluding tert-OH is 1. The number of nitrogens with one attached hydrogen (secondary N) is 2. The number of fused-ring (bicyclic) bond motifs is 1. The lowest BCUT2D eigenvalue weighted by Crippen LogP contribution is -2.33. The zero-order chi connectivity index (χ0) is 45.0. The van der Waals surface area contributed by atoms with E-state index in [4.69, 9.17) is 70.1 Å². The lowest BCUT2D eigenvalue weighted by molar-refractivity contribution is -0.140. The molecule has 0 saturated heterocycles. The molecule has 0 aliphatic rings. The second-order valence-electron chi connectivity index (χ2n) is 13.1. The summed E-state index contributed by atoms with van der Waals surface area (Å²) in [5.41, 5.74) is 33.4. The highest BCUT2D eigenvalue weighted by Gasteiger charge is 2.15. The number of hydrogen-bond donors (Lipinski definition) is 15. The SMILES string of the molecule is CC(C)C[C@@H](N)C(=O)O.CC(C)C[C@H](N)C(=O)O.C[C@H](N)C(=O)O.N[C@@H](Cc1c[nH]cn1)C(=O)O.N[C@H](CO)C(=O)O.N[C@H](Cc1c[nH]c2ccccc12)C(=O)O. The number of aliphatic hydroxyl groups is 1.